The van der Waals surface area contributed by atoms with Crippen LogP contribution in [0.1, 0.15) is 12.5 Å². The van der Waals surface area contributed by atoms with Gasteiger partial charge in [0.1, 0.15) is 5.75 Å². The quantitative estimate of drug-likeness (QED) is 0.740. The summed E-state index contributed by atoms with van der Waals surface area (Å²) in [5.41, 5.74) is 1.66. The number of phenolic OH excluding ortho intramolecular Hbond substituents is 1. The van der Waals surface area contributed by atoms with Crippen LogP contribution < -0.4 is 5.32 Å². The zero-order valence-corrected chi connectivity index (χ0v) is 13.9. The number of hydrogen-bond donors (Lipinski definition) is 2. The van der Waals surface area contributed by atoms with Crippen LogP contribution in [0.25, 0.3) is 10.9 Å². The number of sulfone groups is 1. The van der Waals surface area contributed by atoms with Gasteiger partial charge in [0.05, 0.1) is 16.2 Å². The maximum atomic E-state index is 11.9. The van der Waals surface area contributed by atoms with E-state index >= 15 is 0 Å². The fourth-order valence-electron chi connectivity index (χ4n) is 2.25. The molecule has 2 aromatic carbocycles. The average Bonchev–Trinajstić information content (AvgIpc) is 2.60. The highest BCUT2D eigenvalue weighted by molar-refractivity contribution is 7.91. The Kier molecular flexibility index (Phi) is 4.35. The van der Waals surface area contributed by atoms with Crippen molar-refractivity contribution < 1.29 is 13.5 Å². The van der Waals surface area contributed by atoms with Crippen molar-refractivity contribution in [2.75, 3.05) is 11.1 Å². The second-order valence-corrected chi connectivity index (χ2v) is 7.62. The molecule has 0 amide bonds. The molecule has 0 fully saturated rings. The fraction of sp³-hybridized carbons (Fsp3) is 0.176. The molecule has 1 aromatic heterocycles. The molecule has 0 aliphatic carbocycles. The van der Waals surface area contributed by atoms with Crippen LogP contribution >= 0.6 is 0 Å². The number of phenols is 1. The summed E-state index contributed by atoms with van der Waals surface area (Å²) in [6.45, 7) is 2.14. The van der Waals surface area contributed by atoms with Gasteiger partial charge in [0.25, 0.3) is 0 Å². The lowest BCUT2D eigenvalue weighted by Crippen LogP contribution is -2.05. The number of nitrogens with one attached hydrogen (secondary N) is 1. The molecule has 3 rings (SSSR count). The van der Waals surface area contributed by atoms with Crippen molar-refractivity contribution in [1.82, 2.24) is 9.97 Å². The maximum Gasteiger partial charge on any atom is 0.223 e. The zero-order chi connectivity index (χ0) is 17.2. The molecule has 6 nitrogen and oxygen atoms in total. The molecule has 3 aromatic rings. The predicted molar refractivity (Wildman–Crippen MR) is 92.7 cm³/mol. The summed E-state index contributed by atoms with van der Waals surface area (Å²) in [7, 11) is -3.24. The van der Waals surface area contributed by atoms with Crippen LogP contribution in [0.5, 0.6) is 5.75 Å². The van der Waals surface area contributed by atoms with E-state index in [2.05, 4.69) is 15.3 Å². The molecule has 0 saturated carbocycles. The highest BCUT2D eigenvalue weighted by Gasteiger charge is 2.12. The average molecular weight is 343 g/mol. The number of anilines is 1. The molecule has 0 aliphatic rings. The minimum atomic E-state index is -3.24. The van der Waals surface area contributed by atoms with Crippen molar-refractivity contribution in [3.05, 3.63) is 54.2 Å². The van der Waals surface area contributed by atoms with E-state index < -0.39 is 9.84 Å². The second-order valence-electron chi connectivity index (χ2n) is 5.34. The van der Waals surface area contributed by atoms with Crippen molar-refractivity contribution in [3.63, 3.8) is 0 Å². The van der Waals surface area contributed by atoms with Crippen molar-refractivity contribution in [2.24, 2.45) is 0 Å². The molecule has 0 aliphatic heterocycles. The van der Waals surface area contributed by atoms with Gasteiger partial charge in [0, 0.05) is 18.1 Å². The number of rotatable bonds is 5. The Morgan fingerprint density at radius 3 is 2.58 bits per heavy atom. The molecular weight excluding hydrogens is 326 g/mol. The molecule has 0 saturated heterocycles. The van der Waals surface area contributed by atoms with Crippen LogP contribution in [0.3, 0.4) is 0 Å². The Morgan fingerprint density at radius 2 is 1.88 bits per heavy atom. The standard InChI is InChI=1S/C17H17N3O3S/c1-2-24(22,23)15-7-8-16-13(9-15)11-19-17(20-16)18-10-12-3-5-14(21)6-4-12/h3-9,11,21H,2,10H2,1H3,(H,18,19,20). The molecule has 7 heteroatoms. The highest BCUT2D eigenvalue weighted by Crippen LogP contribution is 2.19. The van der Waals surface area contributed by atoms with Gasteiger partial charge in [-0.2, -0.15) is 0 Å². The Hall–Kier alpha value is -2.67. The van der Waals surface area contributed by atoms with Crippen LogP contribution in [0.15, 0.2) is 53.6 Å². The summed E-state index contributed by atoms with van der Waals surface area (Å²) in [5.74, 6) is 0.742. The van der Waals surface area contributed by atoms with E-state index in [1.54, 1.807) is 43.5 Å². The van der Waals surface area contributed by atoms with E-state index in [1.165, 1.54) is 0 Å². The van der Waals surface area contributed by atoms with E-state index in [4.69, 9.17) is 0 Å². The van der Waals surface area contributed by atoms with Gasteiger partial charge in [0.15, 0.2) is 9.84 Å². The molecule has 0 spiro atoms. The van der Waals surface area contributed by atoms with Crippen LogP contribution in [0.2, 0.25) is 0 Å². The van der Waals surface area contributed by atoms with Crippen molar-refractivity contribution in [2.45, 2.75) is 18.4 Å². The van der Waals surface area contributed by atoms with E-state index in [-0.39, 0.29) is 16.4 Å². The topological polar surface area (TPSA) is 92.2 Å². The number of fused-ring (bicyclic) bond motifs is 1. The minimum Gasteiger partial charge on any atom is -0.508 e. The normalized spacial score (nSPS) is 11.5. The molecule has 2 N–H and O–H groups in total. The smallest absolute Gasteiger partial charge is 0.223 e. The van der Waals surface area contributed by atoms with Crippen LogP contribution in [0, 0.1) is 0 Å². The largest absolute Gasteiger partial charge is 0.508 e. The number of aromatic hydroxyl groups is 1. The first-order chi connectivity index (χ1) is 11.5. The first kappa shape index (κ1) is 16.2. The number of aromatic nitrogens is 2. The van der Waals surface area contributed by atoms with Gasteiger partial charge in [-0.25, -0.2) is 18.4 Å². The highest BCUT2D eigenvalue weighted by atomic mass is 32.2. The first-order valence-electron chi connectivity index (χ1n) is 7.49. The van der Waals surface area contributed by atoms with Crippen molar-refractivity contribution in [1.29, 1.82) is 0 Å². The molecule has 24 heavy (non-hydrogen) atoms. The summed E-state index contributed by atoms with van der Waals surface area (Å²) < 4.78 is 23.8. The summed E-state index contributed by atoms with van der Waals surface area (Å²) >= 11 is 0. The lowest BCUT2D eigenvalue weighted by Gasteiger charge is -2.07. The molecular formula is C17H17N3O3S. The monoisotopic (exact) mass is 343 g/mol. The third-order valence-electron chi connectivity index (χ3n) is 3.68. The van der Waals surface area contributed by atoms with Crippen LogP contribution in [-0.2, 0) is 16.4 Å². The van der Waals surface area contributed by atoms with Crippen LogP contribution in [-0.4, -0.2) is 29.2 Å². The number of benzene rings is 2. The Balaban J connectivity index is 1.81. The van der Waals surface area contributed by atoms with Gasteiger partial charge in [-0.15, -0.1) is 0 Å². The minimum absolute atomic E-state index is 0.0611. The Bertz CT molecular complexity index is 970. The van der Waals surface area contributed by atoms with Gasteiger partial charge < -0.3 is 10.4 Å². The number of nitrogens with zero attached hydrogens (tertiary/aromatic N) is 2. The van der Waals surface area contributed by atoms with Crippen molar-refractivity contribution >= 4 is 26.7 Å². The van der Waals surface area contributed by atoms with Crippen molar-refractivity contribution in [3.8, 4) is 5.75 Å². The third-order valence-corrected chi connectivity index (χ3v) is 5.41. The molecule has 124 valence electrons. The summed E-state index contributed by atoms with van der Waals surface area (Å²) in [5, 5.41) is 13.1. The number of hydrogen-bond acceptors (Lipinski definition) is 6. The Labute approximate surface area is 140 Å². The lowest BCUT2D eigenvalue weighted by atomic mass is 10.2. The maximum absolute atomic E-state index is 11.9. The molecule has 0 bridgehead atoms. The van der Waals surface area contributed by atoms with Gasteiger partial charge in [-0.05, 0) is 35.9 Å². The lowest BCUT2D eigenvalue weighted by molar-refractivity contribution is 0.475. The van der Waals surface area contributed by atoms with Gasteiger partial charge in [0.2, 0.25) is 5.95 Å². The zero-order valence-electron chi connectivity index (χ0n) is 13.1. The first-order valence-corrected chi connectivity index (χ1v) is 9.14. The second kappa shape index (κ2) is 6.45. The fourth-order valence-corrected chi connectivity index (χ4v) is 3.17. The van der Waals surface area contributed by atoms with Crippen LogP contribution in [0.4, 0.5) is 5.95 Å². The predicted octanol–water partition coefficient (Wildman–Crippen LogP) is 2.74. The van der Waals surface area contributed by atoms with E-state index in [1.807, 2.05) is 12.1 Å². The van der Waals surface area contributed by atoms with Gasteiger partial charge >= 0.3 is 0 Å². The SMILES string of the molecule is CCS(=O)(=O)c1ccc2nc(NCc3ccc(O)cc3)ncc2c1. The molecule has 0 atom stereocenters. The van der Waals surface area contributed by atoms with Gasteiger partial charge in [-0.3, -0.25) is 0 Å². The third kappa shape index (κ3) is 3.46. The molecule has 0 radical (unpaired) electrons. The van der Waals surface area contributed by atoms with Gasteiger partial charge in [-0.1, -0.05) is 19.1 Å². The molecule has 1 heterocycles. The summed E-state index contributed by atoms with van der Waals surface area (Å²) in [6.07, 6.45) is 1.61. The summed E-state index contributed by atoms with van der Waals surface area (Å²) in [4.78, 5) is 8.90. The van der Waals surface area contributed by atoms with E-state index in [0.717, 1.165) is 5.56 Å². The summed E-state index contributed by atoms with van der Waals surface area (Å²) in [6, 6.07) is 11.7. The van der Waals surface area contributed by atoms with E-state index in [0.29, 0.717) is 23.4 Å². The molecule has 0 unspecified atom stereocenters. The Morgan fingerprint density at radius 1 is 1.12 bits per heavy atom. The van der Waals surface area contributed by atoms with E-state index in [9.17, 15) is 13.5 Å².